The van der Waals surface area contributed by atoms with Crippen LogP contribution in [0.2, 0.25) is 0 Å². The Balaban J connectivity index is 1.74. The molecule has 0 aliphatic carbocycles. The summed E-state index contributed by atoms with van der Waals surface area (Å²) in [4.78, 5) is 25.1. The lowest BCUT2D eigenvalue weighted by molar-refractivity contribution is 0.00741. The molecule has 1 spiro atoms. The zero-order valence-corrected chi connectivity index (χ0v) is 13.2. The van der Waals surface area contributed by atoms with Gasteiger partial charge in [0.15, 0.2) is 0 Å². The second-order valence-corrected chi connectivity index (χ2v) is 6.34. The summed E-state index contributed by atoms with van der Waals surface area (Å²) in [6.07, 6.45) is 6.85. The number of aromatic nitrogens is 2. The van der Waals surface area contributed by atoms with Crippen LogP contribution in [0, 0.1) is 5.41 Å². The molecule has 2 fully saturated rings. The van der Waals surface area contributed by atoms with Crippen molar-refractivity contribution in [2.24, 2.45) is 5.41 Å². The van der Waals surface area contributed by atoms with E-state index in [1.54, 1.807) is 18.6 Å². The zero-order chi connectivity index (χ0) is 15.4. The van der Waals surface area contributed by atoms with Gasteiger partial charge in [0.25, 0.3) is 5.91 Å². The second-order valence-electron chi connectivity index (χ2n) is 6.34. The molecule has 0 bridgehead atoms. The van der Waals surface area contributed by atoms with Crippen LogP contribution in [0.4, 0.5) is 0 Å². The average Bonchev–Trinajstić information content (AvgIpc) is 2.77. The molecule has 1 aromatic rings. The third-order valence-electron chi connectivity index (χ3n) is 4.70. The van der Waals surface area contributed by atoms with Crippen molar-refractivity contribution in [3.05, 3.63) is 24.3 Å². The van der Waals surface area contributed by atoms with Gasteiger partial charge in [0, 0.05) is 44.0 Å². The van der Waals surface area contributed by atoms with Crippen molar-refractivity contribution in [3.8, 4) is 0 Å². The first kappa shape index (κ1) is 15.4. The van der Waals surface area contributed by atoms with Gasteiger partial charge in [-0.2, -0.15) is 0 Å². The fourth-order valence-electron chi connectivity index (χ4n) is 3.55. The maximum atomic E-state index is 12.6. The predicted octanol–water partition coefficient (Wildman–Crippen LogP) is 1.05. The normalized spacial score (nSPS) is 26.9. The third-order valence-corrected chi connectivity index (χ3v) is 4.70. The van der Waals surface area contributed by atoms with Gasteiger partial charge in [-0.1, -0.05) is 6.92 Å². The average molecular weight is 304 g/mol. The first-order valence-electron chi connectivity index (χ1n) is 8.08. The monoisotopic (exact) mass is 304 g/mol. The van der Waals surface area contributed by atoms with Gasteiger partial charge in [0.05, 0.1) is 19.4 Å². The van der Waals surface area contributed by atoms with Crippen molar-refractivity contribution in [1.82, 2.24) is 19.8 Å². The Morgan fingerprint density at radius 3 is 3.05 bits per heavy atom. The Morgan fingerprint density at radius 2 is 2.27 bits per heavy atom. The molecule has 1 amide bonds. The maximum Gasteiger partial charge on any atom is 0.274 e. The van der Waals surface area contributed by atoms with Crippen LogP contribution in [0.1, 0.15) is 30.3 Å². The highest BCUT2D eigenvalue weighted by molar-refractivity contribution is 5.92. The number of carbonyl (C=O) groups excluding carboxylic acids is 1. The van der Waals surface area contributed by atoms with Crippen LogP contribution in [0.5, 0.6) is 0 Å². The molecule has 0 aromatic carbocycles. The highest BCUT2D eigenvalue weighted by Gasteiger charge is 2.40. The first-order chi connectivity index (χ1) is 10.7. The fourth-order valence-corrected chi connectivity index (χ4v) is 3.55. The lowest BCUT2D eigenvalue weighted by Gasteiger charge is -2.43. The van der Waals surface area contributed by atoms with Gasteiger partial charge in [0.1, 0.15) is 5.69 Å². The Kier molecular flexibility index (Phi) is 4.69. The molecule has 0 N–H and O–H groups in total. The lowest BCUT2D eigenvalue weighted by Crippen LogP contribution is -2.52. The summed E-state index contributed by atoms with van der Waals surface area (Å²) in [6.45, 7) is 8.28. The topological polar surface area (TPSA) is 58.6 Å². The van der Waals surface area contributed by atoms with Gasteiger partial charge in [-0.25, -0.2) is 4.98 Å². The number of rotatable bonds is 2. The molecule has 1 aromatic heterocycles. The molecule has 2 aliphatic heterocycles. The molecule has 2 saturated heterocycles. The molecule has 2 aliphatic rings. The van der Waals surface area contributed by atoms with Gasteiger partial charge >= 0.3 is 0 Å². The summed E-state index contributed by atoms with van der Waals surface area (Å²) < 4.78 is 5.85. The van der Waals surface area contributed by atoms with E-state index in [9.17, 15) is 4.79 Å². The van der Waals surface area contributed by atoms with Crippen LogP contribution in [-0.4, -0.2) is 71.6 Å². The molecule has 6 heteroatoms. The van der Waals surface area contributed by atoms with Crippen molar-refractivity contribution in [2.45, 2.75) is 19.8 Å². The van der Waals surface area contributed by atoms with Crippen molar-refractivity contribution in [2.75, 3.05) is 45.9 Å². The molecule has 3 heterocycles. The zero-order valence-electron chi connectivity index (χ0n) is 13.2. The van der Waals surface area contributed by atoms with Gasteiger partial charge in [0.2, 0.25) is 0 Å². The highest BCUT2D eigenvalue weighted by Crippen LogP contribution is 2.33. The van der Waals surface area contributed by atoms with Crippen LogP contribution in [0.3, 0.4) is 0 Å². The highest BCUT2D eigenvalue weighted by atomic mass is 16.5. The number of likely N-dealkylation sites (N-methyl/N-ethyl adjacent to an activating group) is 1. The smallest absolute Gasteiger partial charge is 0.274 e. The lowest BCUT2D eigenvalue weighted by atomic mass is 9.80. The standard InChI is InChI=1S/C16H24N4O2/c1-2-19-8-9-22-13-16(11-19)4-3-7-20(12-16)15(21)14-10-17-5-6-18-14/h5-6,10H,2-4,7-9,11-13H2,1H3/t16-/m1/s1. The Labute approximate surface area is 131 Å². The number of likely N-dealkylation sites (tertiary alicyclic amines) is 1. The number of amides is 1. The third kappa shape index (κ3) is 3.28. The second kappa shape index (κ2) is 6.71. The van der Waals surface area contributed by atoms with Crippen LogP contribution in [0.15, 0.2) is 18.6 Å². The molecule has 0 unspecified atom stereocenters. The van der Waals surface area contributed by atoms with Crippen LogP contribution in [-0.2, 0) is 4.74 Å². The molecule has 22 heavy (non-hydrogen) atoms. The van der Waals surface area contributed by atoms with E-state index in [0.29, 0.717) is 5.69 Å². The van der Waals surface area contributed by atoms with E-state index in [2.05, 4.69) is 21.8 Å². The van der Waals surface area contributed by atoms with Crippen LogP contribution < -0.4 is 0 Å². The van der Waals surface area contributed by atoms with E-state index in [1.165, 1.54) is 0 Å². The Hall–Kier alpha value is -1.53. The summed E-state index contributed by atoms with van der Waals surface area (Å²) in [5, 5.41) is 0. The summed E-state index contributed by atoms with van der Waals surface area (Å²) in [5.41, 5.74) is 0.490. The van der Waals surface area contributed by atoms with E-state index in [4.69, 9.17) is 4.74 Å². The van der Waals surface area contributed by atoms with Crippen molar-refractivity contribution < 1.29 is 9.53 Å². The van der Waals surface area contributed by atoms with E-state index in [1.807, 2.05) is 4.90 Å². The summed E-state index contributed by atoms with van der Waals surface area (Å²) >= 11 is 0. The molecule has 0 radical (unpaired) electrons. The molecule has 0 saturated carbocycles. The van der Waals surface area contributed by atoms with E-state index >= 15 is 0 Å². The van der Waals surface area contributed by atoms with E-state index in [-0.39, 0.29) is 11.3 Å². The molecular formula is C16H24N4O2. The number of nitrogens with zero attached hydrogens (tertiary/aromatic N) is 4. The van der Waals surface area contributed by atoms with Gasteiger partial charge in [-0.3, -0.25) is 9.78 Å². The number of ether oxygens (including phenoxy) is 1. The Morgan fingerprint density at radius 1 is 1.36 bits per heavy atom. The molecule has 6 nitrogen and oxygen atoms in total. The molecule has 1 atom stereocenters. The minimum atomic E-state index is -0.0144. The summed E-state index contributed by atoms with van der Waals surface area (Å²) in [7, 11) is 0. The minimum absolute atomic E-state index is 0.0144. The number of carbonyl (C=O) groups is 1. The number of piperidine rings is 1. The van der Waals surface area contributed by atoms with Crippen molar-refractivity contribution in [1.29, 1.82) is 0 Å². The predicted molar refractivity (Wildman–Crippen MR) is 82.5 cm³/mol. The van der Waals surface area contributed by atoms with E-state index in [0.717, 1.165) is 58.8 Å². The first-order valence-corrected chi connectivity index (χ1v) is 8.08. The summed E-state index contributed by atoms with van der Waals surface area (Å²) in [5.74, 6) is -0.0144. The Bertz CT molecular complexity index is 510. The van der Waals surface area contributed by atoms with Gasteiger partial charge < -0.3 is 14.5 Å². The molecule has 120 valence electrons. The maximum absolute atomic E-state index is 12.6. The van der Waals surface area contributed by atoms with Crippen molar-refractivity contribution in [3.63, 3.8) is 0 Å². The largest absolute Gasteiger partial charge is 0.379 e. The molecular weight excluding hydrogens is 280 g/mol. The molecule has 3 rings (SSSR count). The quantitative estimate of drug-likeness (QED) is 0.817. The van der Waals surface area contributed by atoms with E-state index < -0.39 is 0 Å². The summed E-state index contributed by atoms with van der Waals surface area (Å²) in [6, 6.07) is 0. The van der Waals surface area contributed by atoms with Gasteiger partial charge in [-0.15, -0.1) is 0 Å². The number of hydrogen-bond acceptors (Lipinski definition) is 5. The SMILES string of the molecule is CCN1CCOC[C@]2(CCCN(C(=O)c3cnccn3)C2)C1. The van der Waals surface area contributed by atoms with Crippen molar-refractivity contribution >= 4 is 5.91 Å². The fraction of sp³-hybridized carbons (Fsp3) is 0.688. The minimum Gasteiger partial charge on any atom is -0.379 e. The van der Waals surface area contributed by atoms with Gasteiger partial charge in [-0.05, 0) is 19.4 Å². The number of hydrogen-bond donors (Lipinski definition) is 0. The van der Waals surface area contributed by atoms with Crippen LogP contribution >= 0.6 is 0 Å². The van der Waals surface area contributed by atoms with Crippen LogP contribution in [0.25, 0.3) is 0 Å².